The highest BCUT2D eigenvalue weighted by atomic mass is 16.2. The van der Waals surface area contributed by atoms with Crippen LogP contribution in [0.1, 0.15) is 39.5 Å². The van der Waals surface area contributed by atoms with Gasteiger partial charge in [-0.1, -0.05) is 13.8 Å². The SMILES string of the molecule is CC(C)CN(C(=O)C1CC1)C1CC1. The second kappa shape index (κ2) is 3.32. The zero-order chi connectivity index (χ0) is 9.42. The molecular formula is C11H19NO. The van der Waals surface area contributed by atoms with Crippen molar-refractivity contribution in [2.24, 2.45) is 11.8 Å². The predicted octanol–water partition coefficient (Wildman–Crippen LogP) is 2.04. The first-order valence-corrected chi connectivity index (χ1v) is 5.49. The first-order valence-electron chi connectivity index (χ1n) is 5.49. The van der Waals surface area contributed by atoms with Gasteiger partial charge in [-0.05, 0) is 31.6 Å². The molecule has 2 rings (SSSR count). The maximum absolute atomic E-state index is 11.8. The standard InChI is InChI=1S/C11H19NO/c1-8(2)7-12(10-5-6-10)11(13)9-3-4-9/h8-10H,3-7H2,1-2H3. The molecule has 2 heteroatoms. The average molecular weight is 181 g/mol. The van der Waals surface area contributed by atoms with Crippen LogP contribution in [0.25, 0.3) is 0 Å². The molecule has 0 saturated heterocycles. The molecular weight excluding hydrogens is 162 g/mol. The van der Waals surface area contributed by atoms with Crippen LogP contribution >= 0.6 is 0 Å². The van der Waals surface area contributed by atoms with Crippen molar-refractivity contribution in [3.8, 4) is 0 Å². The molecule has 2 aliphatic rings. The molecule has 2 nitrogen and oxygen atoms in total. The van der Waals surface area contributed by atoms with Gasteiger partial charge in [-0.15, -0.1) is 0 Å². The van der Waals surface area contributed by atoms with Gasteiger partial charge in [-0.2, -0.15) is 0 Å². The van der Waals surface area contributed by atoms with Crippen LogP contribution in [-0.2, 0) is 4.79 Å². The summed E-state index contributed by atoms with van der Waals surface area (Å²) in [5.74, 6) is 1.46. The van der Waals surface area contributed by atoms with Gasteiger partial charge >= 0.3 is 0 Å². The lowest BCUT2D eigenvalue weighted by Gasteiger charge is -2.24. The number of carbonyl (C=O) groups excluding carboxylic acids is 1. The Morgan fingerprint density at radius 3 is 2.31 bits per heavy atom. The molecule has 0 radical (unpaired) electrons. The topological polar surface area (TPSA) is 20.3 Å². The maximum Gasteiger partial charge on any atom is 0.225 e. The number of rotatable bonds is 4. The Morgan fingerprint density at radius 2 is 1.92 bits per heavy atom. The fourth-order valence-corrected chi connectivity index (χ4v) is 1.76. The Kier molecular flexibility index (Phi) is 2.31. The van der Waals surface area contributed by atoms with Gasteiger partial charge in [-0.25, -0.2) is 0 Å². The van der Waals surface area contributed by atoms with E-state index in [1.165, 1.54) is 12.8 Å². The van der Waals surface area contributed by atoms with Crippen molar-refractivity contribution in [1.82, 2.24) is 4.90 Å². The quantitative estimate of drug-likeness (QED) is 0.650. The molecule has 0 aliphatic heterocycles. The maximum atomic E-state index is 11.8. The molecule has 0 aromatic heterocycles. The van der Waals surface area contributed by atoms with E-state index in [0.29, 0.717) is 23.8 Å². The predicted molar refractivity (Wildman–Crippen MR) is 52.3 cm³/mol. The van der Waals surface area contributed by atoms with Crippen molar-refractivity contribution < 1.29 is 4.79 Å². The minimum Gasteiger partial charge on any atom is -0.339 e. The Morgan fingerprint density at radius 1 is 1.31 bits per heavy atom. The van der Waals surface area contributed by atoms with Crippen LogP contribution in [0.5, 0.6) is 0 Å². The van der Waals surface area contributed by atoms with Gasteiger partial charge in [0.1, 0.15) is 0 Å². The normalized spacial score (nSPS) is 22.1. The monoisotopic (exact) mass is 181 g/mol. The van der Waals surface area contributed by atoms with Gasteiger partial charge < -0.3 is 4.90 Å². The van der Waals surface area contributed by atoms with Crippen molar-refractivity contribution in [3.63, 3.8) is 0 Å². The molecule has 0 heterocycles. The van der Waals surface area contributed by atoms with Crippen molar-refractivity contribution >= 4 is 5.91 Å². The summed E-state index contributed by atoms with van der Waals surface area (Å²) in [5.41, 5.74) is 0. The van der Waals surface area contributed by atoms with E-state index in [1.54, 1.807) is 0 Å². The smallest absolute Gasteiger partial charge is 0.225 e. The van der Waals surface area contributed by atoms with Gasteiger partial charge in [0.15, 0.2) is 0 Å². The Hall–Kier alpha value is -0.530. The van der Waals surface area contributed by atoms with Crippen LogP contribution in [0.15, 0.2) is 0 Å². The lowest BCUT2D eigenvalue weighted by Crippen LogP contribution is -2.37. The second-order valence-electron chi connectivity index (χ2n) is 4.89. The van der Waals surface area contributed by atoms with Gasteiger partial charge in [0.05, 0.1) is 0 Å². The van der Waals surface area contributed by atoms with Crippen molar-refractivity contribution in [1.29, 1.82) is 0 Å². The molecule has 0 spiro atoms. The van der Waals surface area contributed by atoms with Gasteiger partial charge in [-0.3, -0.25) is 4.79 Å². The summed E-state index contributed by atoms with van der Waals surface area (Å²) in [7, 11) is 0. The first kappa shape index (κ1) is 9.04. The van der Waals surface area contributed by atoms with E-state index < -0.39 is 0 Å². The molecule has 1 amide bonds. The van der Waals surface area contributed by atoms with Crippen LogP contribution < -0.4 is 0 Å². The summed E-state index contributed by atoms with van der Waals surface area (Å²) in [6, 6.07) is 0.607. The van der Waals surface area contributed by atoms with E-state index in [-0.39, 0.29) is 0 Å². The number of nitrogens with zero attached hydrogens (tertiary/aromatic N) is 1. The van der Waals surface area contributed by atoms with E-state index in [9.17, 15) is 4.79 Å². The first-order chi connectivity index (χ1) is 6.18. The number of hydrogen-bond donors (Lipinski definition) is 0. The summed E-state index contributed by atoms with van der Waals surface area (Å²) in [4.78, 5) is 14.0. The van der Waals surface area contributed by atoms with Crippen LogP contribution in [0.3, 0.4) is 0 Å². The zero-order valence-corrected chi connectivity index (χ0v) is 8.62. The fourth-order valence-electron chi connectivity index (χ4n) is 1.76. The summed E-state index contributed by atoms with van der Waals surface area (Å²) < 4.78 is 0. The molecule has 0 atom stereocenters. The summed E-state index contributed by atoms with van der Waals surface area (Å²) in [5, 5.41) is 0. The summed E-state index contributed by atoms with van der Waals surface area (Å²) in [6.07, 6.45) is 4.76. The van der Waals surface area contributed by atoms with Crippen molar-refractivity contribution in [2.75, 3.05) is 6.54 Å². The highest BCUT2D eigenvalue weighted by Crippen LogP contribution is 2.36. The Labute approximate surface area is 80.3 Å². The van der Waals surface area contributed by atoms with E-state index in [1.807, 2.05) is 0 Å². The largest absolute Gasteiger partial charge is 0.339 e. The molecule has 13 heavy (non-hydrogen) atoms. The van der Waals surface area contributed by atoms with Crippen LogP contribution in [0, 0.1) is 11.8 Å². The van der Waals surface area contributed by atoms with Crippen molar-refractivity contribution in [2.45, 2.75) is 45.6 Å². The lowest BCUT2D eigenvalue weighted by molar-refractivity contribution is -0.133. The molecule has 74 valence electrons. The second-order valence-corrected chi connectivity index (χ2v) is 4.89. The van der Waals surface area contributed by atoms with Gasteiger partial charge in [0.25, 0.3) is 0 Å². The number of hydrogen-bond acceptors (Lipinski definition) is 1. The third-order valence-electron chi connectivity index (χ3n) is 2.76. The summed E-state index contributed by atoms with van der Waals surface area (Å²) >= 11 is 0. The van der Waals surface area contributed by atoms with E-state index in [0.717, 1.165) is 19.4 Å². The van der Waals surface area contributed by atoms with Crippen LogP contribution in [-0.4, -0.2) is 23.4 Å². The molecule has 2 fully saturated rings. The molecule has 2 saturated carbocycles. The summed E-state index contributed by atoms with van der Waals surface area (Å²) in [6.45, 7) is 5.35. The highest BCUT2D eigenvalue weighted by Gasteiger charge is 2.39. The van der Waals surface area contributed by atoms with Gasteiger partial charge in [0, 0.05) is 18.5 Å². The van der Waals surface area contributed by atoms with Crippen molar-refractivity contribution in [3.05, 3.63) is 0 Å². The van der Waals surface area contributed by atoms with E-state index in [2.05, 4.69) is 18.7 Å². The Balaban J connectivity index is 1.91. The highest BCUT2D eigenvalue weighted by molar-refractivity contribution is 5.81. The van der Waals surface area contributed by atoms with Gasteiger partial charge in [0.2, 0.25) is 5.91 Å². The molecule has 0 aromatic rings. The van der Waals surface area contributed by atoms with Crippen LogP contribution in [0.2, 0.25) is 0 Å². The van der Waals surface area contributed by atoms with E-state index in [4.69, 9.17) is 0 Å². The molecule has 0 aromatic carbocycles. The average Bonchev–Trinajstić information content (AvgIpc) is 2.83. The molecule has 0 N–H and O–H groups in total. The van der Waals surface area contributed by atoms with Crippen LogP contribution in [0.4, 0.5) is 0 Å². The molecule has 2 aliphatic carbocycles. The minimum absolute atomic E-state index is 0.402. The van der Waals surface area contributed by atoms with E-state index >= 15 is 0 Å². The number of amides is 1. The number of carbonyl (C=O) groups is 1. The third kappa shape index (κ3) is 2.23. The Bertz CT molecular complexity index is 204. The zero-order valence-electron chi connectivity index (χ0n) is 8.62. The molecule has 0 unspecified atom stereocenters. The minimum atomic E-state index is 0.402. The fraction of sp³-hybridized carbons (Fsp3) is 0.909. The lowest BCUT2D eigenvalue weighted by atomic mass is 10.2. The molecule has 0 bridgehead atoms. The third-order valence-corrected chi connectivity index (χ3v) is 2.76.